The third-order valence-electron chi connectivity index (χ3n) is 7.10. The fourth-order valence-corrected chi connectivity index (χ4v) is 4.49. The van der Waals surface area contributed by atoms with E-state index in [1.807, 2.05) is 44.2 Å². The summed E-state index contributed by atoms with van der Waals surface area (Å²) < 4.78 is 21.9. The highest BCUT2D eigenvalue weighted by Crippen LogP contribution is 2.27. The Morgan fingerprint density at radius 2 is 1.76 bits per heavy atom. The number of aromatic amines is 1. The number of aliphatic hydroxyl groups is 5. The molecular formula is C30H45NO10. The lowest BCUT2D eigenvalue weighted by molar-refractivity contribution is -0.310. The van der Waals surface area contributed by atoms with Crippen LogP contribution in [-0.4, -0.2) is 94.8 Å². The van der Waals surface area contributed by atoms with Crippen LogP contribution in [0, 0.1) is 12.8 Å². The van der Waals surface area contributed by atoms with Crippen molar-refractivity contribution in [2.24, 2.45) is 5.92 Å². The zero-order valence-electron chi connectivity index (χ0n) is 24.6. The summed E-state index contributed by atoms with van der Waals surface area (Å²) in [6, 6.07) is 0. The molecule has 0 aliphatic carbocycles. The molecule has 6 N–H and O–H groups in total. The van der Waals surface area contributed by atoms with Gasteiger partial charge in [-0.3, -0.25) is 4.79 Å². The van der Waals surface area contributed by atoms with Crippen molar-refractivity contribution in [3.63, 3.8) is 0 Å². The van der Waals surface area contributed by atoms with Gasteiger partial charge < -0.3 is 49.5 Å². The number of allylic oxidation sites excluding steroid dienone is 5. The lowest BCUT2D eigenvalue weighted by Crippen LogP contribution is -2.60. The number of aromatic nitrogens is 1. The summed E-state index contributed by atoms with van der Waals surface area (Å²) >= 11 is 0. The van der Waals surface area contributed by atoms with E-state index < -0.39 is 43.4 Å². The molecule has 0 radical (unpaired) electrons. The Morgan fingerprint density at radius 1 is 1.05 bits per heavy atom. The highest BCUT2D eigenvalue weighted by atomic mass is 16.7. The van der Waals surface area contributed by atoms with Gasteiger partial charge in [0.1, 0.15) is 24.4 Å². The van der Waals surface area contributed by atoms with Crippen LogP contribution >= 0.6 is 0 Å². The number of hydrogen-bond donors (Lipinski definition) is 6. The number of aliphatic hydroxyl groups excluding tert-OH is 5. The van der Waals surface area contributed by atoms with Gasteiger partial charge in [-0.2, -0.15) is 0 Å². The molecule has 1 aromatic rings. The van der Waals surface area contributed by atoms with Gasteiger partial charge in [-0.15, -0.1) is 0 Å². The predicted octanol–water partition coefficient (Wildman–Crippen LogP) is 1.45. The maximum atomic E-state index is 12.5. The molecule has 0 bridgehead atoms. The average molecular weight is 580 g/mol. The molecular weight excluding hydrogens is 534 g/mol. The fraction of sp³-hybridized carbons (Fsp3) is 0.567. The minimum Gasteiger partial charge on any atom is -0.488 e. The quantitative estimate of drug-likeness (QED) is 0.140. The van der Waals surface area contributed by atoms with Gasteiger partial charge in [0.2, 0.25) is 17.1 Å². The van der Waals surface area contributed by atoms with Crippen LogP contribution in [0.5, 0.6) is 11.6 Å². The molecule has 1 saturated heterocycles. The summed E-state index contributed by atoms with van der Waals surface area (Å²) in [5.41, 5.74) is 2.91. The Hall–Kier alpha value is -2.77. The van der Waals surface area contributed by atoms with Gasteiger partial charge in [0.15, 0.2) is 6.29 Å². The van der Waals surface area contributed by atoms with Crippen molar-refractivity contribution >= 4 is 0 Å². The van der Waals surface area contributed by atoms with Crippen molar-refractivity contribution in [1.82, 2.24) is 4.98 Å². The second-order valence-corrected chi connectivity index (χ2v) is 10.1. The van der Waals surface area contributed by atoms with Crippen molar-refractivity contribution in [3.8, 4) is 11.6 Å². The van der Waals surface area contributed by atoms with E-state index in [0.29, 0.717) is 29.9 Å². The van der Waals surface area contributed by atoms with Gasteiger partial charge >= 0.3 is 0 Å². The van der Waals surface area contributed by atoms with Crippen molar-refractivity contribution in [1.29, 1.82) is 0 Å². The maximum Gasteiger partial charge on any atom is 0.238 e. The standard InChI is InChI=1S/C30H45NO10/c1-17(12-13-21-20(4)23(34)28(38-5)29(31-21)39-6)10-8-7-9-11-18(2)27(19(3)14-15-32)41-30-26(37)25(36)24(35)22(16-33)40-30/h7-9,11-12,14,18,22,24-27,30,32-33,35-37H,10,13,15-16H2,1-6H3,(H,31,34). The highest BCUT2D eigenvalue weighted by molar-refractivity contribution is 5.40. The molecule has 11 heteroatoms. The number of methoxy groups -OCH3 is 2. The first-order valence-electron chi connectivity index (χ1n) is 13.6. The minimum absolute atomic E-state index is 0.154. The number of hydrogen-bond acceptors (Lipinski definition) is 10. The van der Waals surface area contributed by atoms with E-state index in [4.69, 9.17) is 18.9 Å². The zero-order valence-corrected chi connectivity index (χ0v) is 24.6. The molecule has 11 nitrogen and oxygen atoms in total. The molecule has 0 amide bonds. The van der Waals surface area contributed by atoms with E-state index in [1.54, 1.807) is 19.9 Å². The molecule has 1 fully saturated rings. The number of pyridine rings is 1. The Bertz CT molecular complexity index is 1150. The topological polar surface area (TPSA) is 171 Å². The summed E-state index contributed by atoms with van der Waals surface area (Å²) in [5, 5.41) is 49.4. The Kier molecular flexibility index (Phi) is 14.0. The molecule has 230 valence electrons. The Balaban J connectivity index is 2.05. The average Bonchev–Trinajstić information content (AvgIpc) is 2.95. The second-order valence-electron chi connectivity index (χ2n) is 10.1. The summed E-state index contributed by atoms with van der Waals surface area (Å²) in [6.07, 6.45) is 4.93. The molecule has 2 heterocycles. The molecule has 0 aromatic carbocycles. The van der Waals surface area contributed by atoms with Crippen molar-refractivity contribution in [2.45, 2.75) is 77.3 Å². The highest BCUT2D eigenvalue weighted by Gasteiger charge is 2.45. The van der Waals surface area contributed by atoms with Crippen LogP contribution in [0.1, 0.15) is 38.4 Å². The first kappa shape index (κ1) is 34.4. The largest absolute Gasteiger partial charge is 0.488 e. The molecule has 2 rings (SSSR count). The van der Waals surface area contributed by atoms with E-state index in [-0.39, 0.29) is 23.7 Å². The SMILES string of the molecule is COc1[nH]c(CC=C(C)CC=CC=CC(C)C(OC2OC(CO)C(O)C(O)C2O)C(C)=CCO)c(C)c(=O)c1OC. The zero-order chi connectivity index (χ0) is 30.7. The second kappa shape index (κ2) is 16.6. The molecule has 41 heavy (non-hydrogen) atoms. The van der Waals surface area contributed by atoms with Crippen LogP contribution in [-0.2, 0) is 15.9 Å². The monoisotopic (exact) mass is 579 g/mol. The number of rotatable bonds is 14. The summed E-state index contributed by atoms with van der Waals surface area (Å²) in [5.74, 6) is 0.221. The third kappa shape index (κ3) is 9.11. The van der Waals surface area contributed by atoms with Crippen LogP contribution in [0.15, 0.2) is 52.4 Å². The van der Waals surface area contributed by atoms with Gasteiger partial charge in [-0.25, -0.2) is 0 Å². The molecule has 7 atom stereocenters. The van der Waals surface area contributed by atoms with Gasteiger partial charge in [0.05, 0.1) is 33.5 Å². The Morgan fingerprint density at radius 3 is 2.37 bits per heavy atom. The van der Waals surface area contributed by atoms with E-state index in [9.17, 15) is 30.3 Å². The van der Waals surface area contributed by atoms with Crippen LogP contribution in [0.2, 0.25) is 0 Å². The number of nitrogens with one attached hydrogen (secondary N) is 1. The van der Waals surface area contributed by atoms with Crippen LogP contribution < -0.4 is 14.9 Å². The van der Waals surface area contributed by atoms with Gasteiger partial charge in [0.25, 0.3) is 0 Å². The number of ether oxygens (including phenoxy) is 4. The predicted molar refractivity (Wildman–Crippen MR) is 154 cm³/mol. The molecule has 7 unspecified atom stereocenters. The van der Waals surface area contributed by atoms with Crippen LogP contribution in [0.4, 0.5) is 0 Å². The summed E-state index contributed by atoms with van der Waals surface area (Å²) in [7, 11) is 2.90. The van der Waals surface area contributed by atoms with Crippen LogP contribution in [0.3, 0.4) is 0 Å². The fourth-order valence-electron chi connectivity index (χ4n) is 4.49. The smallest absolute Gasteiger partial charge is 0.238 e. The van der Waals surface area contributed by atoms with E-state index in [0.717, 1.165) is 11.3 Å². The van der Waals surface area contributed by atoms with E-state index >= 15 is 0 Å². The first-order valence-corrected chi connectivity index (χ1v) is 13.6. The van der Waals surface area contributed by atoms with Crippen molar-refractivity contribution in [3.05, 3.63) is 69.1 Å². The van der Waals surface area contributed by atoms with Crippen molar-refractivity contribution < 1.29 is 44.5 Å². The minimum atomic E-state index is -1.55. The van der Waals surface area contributed by atoms with Gasteiger partial charge in [-0.05, 0) is 32.8 Å². The summed E-state index contributed by atoms with van der Waals surface area (Å²) in [4.78, 5) is 15.6. The van der Waals surface area contributed by atoms with Crippen molar-refractivity contribution in [2.75, 3.05) is 27.4 Å². The molecule has 1 aliphatic heterocycles. The van der Waals surface area contributed by atoms with E-state index in [2.05, 4.69) is 4.98 Å². The summed E-state index contributed by atoms with van der Waals surface area (Å²) in [6.45, 7) is 6.65. The molecule has 1 aliphatic rings. The first-order chi connectivity index (χ1) is 19.5. The van der Waals surface area contributed by atoms with Gasteiger partial charge in [0, 0.05) is 23.6 Å². The molecule has 1 aromatic heterocycles. The maximum absolute atomic E-state index is 12.5. The lowest BCUT2D eigenvalue weighted by Gasteiger charge is -2.41. The van der Waals surface area contributed by atoms with E-state index in [1.165, 1.54) is 14.2 Å². The number of H-pyrrole nitrogens is 1. The third-order valence-corrected chi connectivity index (χ3v) is 7.10. The molecule has 0 spiro atoms. The normalized spacial score (nSPS) is 25.6. The van der Waals surface area contributed by atoms with Gasteiger partial charge in [-0.1, -0.05) is 49.0 Å². The lowest BCUT2D eigenvalue weighted by atomic mass is 9.95. The Labute approximate surface area is 241 Å². The van der Waals surface area contributed by atoms with Crippen LogP contribution in [0.25, 0.3) is 0 Å². The molecule has 0 saturated carbocycles.